The third kappa shape index (κ3) is 9.49. The molecule has 1 N–H and O–H groups in total. The second kappa shape index (κ2) is 16.9. The number of nitrogens with zero attached hydrogens (tertiary/aromatic N) is 1. The first-order valence-corrected chi connectivity index (χ1v) is 15.9. The number of carbonyl (C=O) groups excluding carboxylic acids is 2. The van der Waals surface area contributed by atoms with E-state index in [2.05, 4.69) is 22.9 Å². The second-order valence-electron chi connectivity index (χ2n) is 10.6. The Morgan fingerprint density at radius 3 is 1.77 bits per heavy atom. The smallest absolute Gasteiger partial charge is 0.295 e. The molecule has 39 heavy (non-hydrogen) atoms. The van der Waals surface area contributed by atoms with E-state index in [-0.39, 0.29) is 11.3 Å². The number of likely N-dealkylation sites (tertiary alicyclic amines) is 1. The third-order valence-corrected chi connectivity index (χ3v) is 8.38. The van der Waals surface area contributed by atoms with Crippen LogP contribution in [0.5, 0.6) is 0 Å². The predicted molar refractivity (Wildman–Crippen MR) is 165 cm³/mol. The number of carbonyl (C=O) groups is 2. The summed E-state index contributed by atoms with van der Waals surface area (Å²) in [5.74, 6) is -1.35. The lowest BCUT2D eigenvalue weighted by Crippen LogP contribution is -2.30. The van der Waals surface area contributed by atoms with Crippen LogP contribution in [-0.4, -0.2) is 28.2 Å². The Balaban J connectivity index is 1.52. The minimum Gasteiger partial charge on any atom is -0.507 e. The summed E-state index contributed by atoms with van der Waals surface area (Å²) in [5.41, 5.74) is 1.41. The molecule has 0 bridgehead atoms. The first kappa shape index (κ1) is 31.4. The van der Waals surface area contributed by atoms with Crippen molar-refractivity contribution in [1.82, 2.24) is 4.90 Å². The van der Waals surface area contributed by atoms with Gasteiger partial charge in [0.2, 0.25) is 0 Å². The quantitative estimate of drug-likeness (QED) is 0.0833. The Morgan fingerprint density at radius 1 is 0.769 bits per heavy atom. The maximum atomic E-state index is 13.2. The van der Waals surface area contributed by atoms with Crippen LogP contribution < -0.4 is 0 Å². The topological polar surface area (TPSA) is 57.6 Å². The lowest BCUT2D eigenvalue weighted by molar-refractivity contribution is -0.139. The Bertz CT molecular complexity index is 1080. The van der Waals surface area contributed by atoms with E-state index in [1.54, 1.807) is 29.2 Å². The average Bonchev–Trinajstić information content (AvgIpc) is 3.18. The summed E-state index contributed by atoms with van der Waals surface area (Å²) >= 11 is 9.47. The van der Waals surface area contributed by atoms with Crippen molar-refractivity contribution in [3.05, 3.63) is 74.7 Å². The molecule has 2 aromatic rings. The van der Waals surface area contributed by atoms with Gasteiger partial charge in [-0.3, -0.25) is 9.59 Å². The predicted octanol–water partition coefficient (Wildman–Crippen LogP) is 10.0. The molecule has 1 amide bonds. The van der Waals surface area contributed by atoms with Crippen molar-refractivity contribution < 1.29 is 14.7 Å². The van der Waals surface area contributed by atoms with Crippen molar-refractivity contribution in [3.63, 3.8) is 0 Å². The fourth-order valence-corrected chi connectivity index (χ4v) is 5.73. The van der Waals surface area contributed by atoms with Gasteiger partial charge in [-0.05, 0) is 48.4 Å². The van der Waals surface area contributed by atoms with Crippen LogP contribution in [0.15, 0.2) is 58.6 Å². The molecule has 0 aliphatic carbocycles. The molecule has 0 spiro atoms. The lowest BCUT2D eigenvalue weighted by Gasteiger charge is -2.25. The monoisotopic (exact) mass is 615 g/mol. The Kier molecular flexibility index (Phi) is 13.6. The van der Waals surface area contributed by atoms with Crippen LogP contribution in [0.1, 0.15) is 114 Å². The van der Waals surface area contributed by atoms with E-state index in [9.17, 15) is 14.7 Å². The largest absolute Gasteiger partial charge is 0.507 e. The molecule has 1 heterocycles. The summed E-state index contributed by atoms with van der Waals surface area (Å²) < 4.78 is 0.910. The summed E-state index contributed by atoms with van der Waals surface area (Å²) in [6.45, 7) is 2.75. The summed E-state index contributed by atoms with van der Waals surface area (Å²) in [6, 6.07) is 13.6. The van der Waals surface area contributed by atoms with Crippen molar-refractivity contribution in [2.75, 3.05) is 6.54 Å². The second-order valence-corrected chi connectivity index (χ2v) is 12.0. The SMILES string of the molecule is CCCCCCCCCCCCCCCCN1C(=O)C(=O)C(=C(O)c2ccc(Cl)cc2)[C@H]1c1ccc(Br)cc1. The van der Waals surface area contributed by atoms with Gasteiger partial charge >= 0.3 is 0 Å². The van der Waals surface area contributed by atoms with Crippen LogP contribution in [0.25, 0.3) is 5.76 Å². The van der Waals surface area contributed by atoms with Gasteiger partial charge in [0.15, 0.2) is 0 Å². The summed E-state index contributed by atoms with van der Waals surface area (Å²) in [5, 5.41) is 11.7. The number of benzene rings is 2. The summed E-state index contributed by atoms with van der Waals surface area (Å²) in [7, 11) is 0. The number of ketones is 1. The minimum atomic E-state index is -0.638. The molecule has 1 atom stereocenters. The maximum absolute atomic E-state index is 13.2. The normalized spacial score (nSPS) is 16.8. The van der Waals surface area contributed by atoms with E-state index < -0.39 is 17.7 Å². The van der Waals surface area contributed by atoms with Gasteiger partial charge in [-0.15, -0.1) is 0 Å². The van der Waals surface area contributed by atoms with E-state index >= 15 is 0 Å². The number of rotatable bonds is 17. The summed E-state index contributed by atoms with van der Waals surface area (Å²) in [6.07, 6.45) is 17.7. The molecule has 0 aromatic heterocycles. The molecule has 1 fully saturated rings. The molecule has 0 unspecified atom stereocenters. The zero-order valence-electron chi connectivity index (χ0n) is 23.3. The fraction of sp³-hybridized carbons (Fsp3) is 0.515. The van der Waals surface area contributed by atoms with Gasteiger partial charge in [0.1, 0.15) is 5.76 Å². The molecule has 1 saturated heterocycles. The van der Waals surface area contributed by atoms with Gasteiger partial charge in [-0.2, -0.15) is 0 Å². The zero-order chi connectivity index (χ0) is 28.0. The van der Waals surface area contributed by atoms with Gasteiger partial charge in [-0.1, -0.05) is 130 Å². The number of aliphatic hydroxyl groups excluding tert-OH is 1. The van der Waals surface area contributed by atoms with Crippen molar-refractivity contribution in [3.8, 4) is 0 Å². The van der Waals surface area contributed by atoms with Crippen LogP contribution in [0.3, 0.4) is 0 Å². The Hall–Kier alpha value is -2.11. The molecular weight excluding hydrogens is 574 g/mol. The standard InChI is InChI=1S/C33H43BrClNO3/c1-2-3-4-5-6-7-8-9-10-11-12-13-14-15-24-36-30(25-16-20-27(34)21-17-25)29(32(38)33(36)39)31(37)26-18-22-28(35)23-19-26/h16-23,30,37H,2-15,24H2,1H3/t30-/m1/s1. The van der Waals surface area contributed by atoms with Gasteiger partial charge in [-0.25, -0.2) is 0 Å². The molecule has 1 aliphatic heterocycles. The van der Waals surface area contributed by atoms with E-state index in [0.29, 0.717) is 17.1 Å². The van der Waals surface area contributed by atoms with E-state index in [4.69, 9.17) is 11.6 Å². The molecular formula is C33H43BrClNO3. The van der Waals surface area contributed by atoms with Crippen LogP contribution in [0.2, 0.25) is 5.02 Å². The number of halogens is 2. The highest BCUT2D eigenvalue weighted by molar-refractivity contribution is 9.10. The van der Waals surface area contributed by atoms with Crippen molar-refractivity contribution in [2.45, 2.75) is 103 Å². The van der Waals surface area contributed by atoms with Gasteiger partial charge < -0.3 is 10.0 Å². The number of hydrogen-bond donors (Lipinski definition) is 1. The third-order valence-electron chi connectivity index (χ3n) is 7.60. The highest BCUT2D eigenvalue weighted by Crippen LogP contribution is 2.40. The molecule has 0 radical (unpaired) electrons. The molecule has 1 aliphatic rings. The zero-order valence-corrected chi connectivity index (χ0v) is 25.6. The number of hydrogen-bond acceptors (Lipinski definition) is 3. The van der Waals surface area contributed by atoms with Crippen molar-refractivity contribution >= 4 is 45.0 Å². The van der Waals surface area contributed by atoms with Crippen LogP contribution in [-0.2, 0) is 9.59 Å². The average molecular weight is 617 g/mol. The maximum Gasteiger partial charge on any atom is 0.295 e. The molecule has 0 saturated carbocycles. The number of aliphatic hydroxyl groups is 1. The molecule has 4 nitrogen and oxygen atoms in total. The Labute approximate surface area is 248 Å². The minimum absolute atomic E-state index is 0.134. The van der Waals surface area contributed by atoms with Crippen LogP contribution >= 0.6 is 27.5 Å². The highest BCUT2D eigenvalue weighted by atomic mass is 79.9. The lowest BCUT2D eigenvalue weighted by atomic mass is 9.95. The molecule has 3 rings (SSSR count). The van der Waals surface area contributed by atoms with Crippen molar-refractivity contribution in [2.24, 2.45) is 0 Å². The first-order chi connectivity index (χ1) is 18.9. The number of unbranched alkanes of at least 4 members (excludes halogenated alkanes) is 13. The molecule has 2 aromatic carbocycles. The van der Waals surface area contributed by atoms with Gasteiger partial charge in [0.05, 0.1) is 11.6 Å². The molecule has 212 valence electrons. The van der Waals surface area contributed by atoms with E-state index in [1.807, 2.05) is 24.3 Å². The van der Waals surface area contributed by atoms with E-state index in [0.717, 1.165) is 29.3 Å². The number of Topliss-reactive ketones (excluding diaryl/α,β-unsaturated/α-hetero) is 1. The van der Waals surface area contributed by atoms with Crippen LogP contribution in [0.4, 0.5) is 0 Å². The Morgan fingerprint density at radius 2 is 1.26 bits per heavy atom. The summed E-state index contributed by atoms with van der Waals surface area (Å²) in [4.78, 5) is 27.9. The van der Waals surface area contributed by atoms with Gasteiger partial charge in [0.25, 0.3) is 11.7 Å². The van der Waals surface area contributed by atoms with Gasteiger partial charge in [0, 0.05) is 21.6 Å². The van der Waals surface area contributed by atoms with Crippen LogP contribution in [0, 0.1) is 0 Å². The molecule has 6 heteroatoms. The van der Waals surface area contributed by atoms with E-state index in [1.165, 1.54) is 70.6 Å². The fourth-order valence-electron chi connectivity index (χ4n) is 5.34. The van der Waals surface area contributed by atoms with Crippen molar-refractivity contribution in [1.29, 1.82) is 0 Å². The first-order valence-electron chi connectivity index (χ1n) is 14.7. The number of amides is 1. The highest BCUT2D eigenvalue weighted by Gasteiger charge is 2.45.